The standard InChI is InChI=1S/C18H17FN2O5S/c1-11-7-8-13(9-14(11)19)20-18(23)12(2)26-17(22)10-27-16-6-4-3-5-15(16)21(24)25/h3-9,12H,10H2,1-2H3,(H,20,23)/t12-/m1/s1. The molecule has 0 aliphatic heterocycles. The third kappa shape index (κ3) is 5.78. The number of carbonyl (C=O) groups is 2. The zero-order valence-electron chi connectivity index (χ0n) is 14.6. The van der Waals surface area contributed by atoms with Gasteiger partial charge < -0.3 is 10.1 Å². The van der Waals surface area contributed by atoms with E-state index in [9.17, 15) is 24.1 Å². The summed E-state index contributed by atoms with van der Waals surface area (Å²) in [5.74, 6) is -1.96. The van der Waals surface area contributed by atoms with Crippen molar-refractivity contribution in [3.05, 3.63) is 64.0 Å². The summed E-state index contributed by atoms with van der Waals surface area (Å²) in [6.45, 7) is 2.98. The molecule has 0 fully saturated rings. The Labute approximate surface area is 159 Å². The average molecular weight is 392 g/mol. The highest BCUT2D eigenvalue weighted by molar-refractivity contribution is 8.00. The highest BCUT2D eigenvalue weighted by Gasteiger charge is 2.20. The Morgan fingerprint density at radius 3 is 2.67 bits per heavy atom. The van der Waals surface area contributed by atoms with E-state index in [0.29, 0.717) is 10.5 Å². The van der Waals surface area contributed by atoms with Crippen molar-refractivity contribution in [2.45, 2.75) is 24.8 Å². The topological polar surface area (TPSA) is 98.5 Å². The lowest BCUT2D eigenvalue weighted by Gasteiger charge is -2.13. The van der Waals surface area contributed by atoms with Gasteiger partial charge in [0.1, 0.15) is 5.82 Å². The van der Waals surface area contributed by atoms with Crippen molar-refractivity contribution in [3.8, 4) is 0 Å². The first-order valence-corrected chi connectivity index (χ1v) is 8.89. The summed E-state index contributed by atoms with van der Waals surface area (Å²) in [6, 6.07) is 10.2. The number of para-hydroxylation sites is 1. The van der Waals surface area contributed by atoms with Crippen molar-refractivity contribution in [1.29, 1.82) is 0 Å². The first kappa shape index (κ1) is 20.4. The predicted molar refractivity (Wildman–Crippen MR) is 99.1 cm³/mol. The Morgan fingerprint density at radius 1 is 1.30 bits per heavy atom. The Kier molecular flexibility index (Phi) is 6.89. The van der Waals surface area contributed by atoms with Gasteiger partial charge in [0.15, 0.2) is 6.10 Å². The monoisotopic (exact) mass is 392 g/mol. The van der Waals surface area contributed by atoms with Crippen LogP contribution in [0.15, 0.2) is 47.4 Å². The summed E-state index contributed by atoms with van der Waals surface area (Å²) >= 11 is 0.947. The maximum Gasteiger partial charge on any atom is 0.317 e. The highest BCUT2D eigenvalue weighted by Crippen LogP contribution is 2.28. The molecule has 2 aromatic carbocycles. The van der Waals surface area contributed by atoms with Crippen LogP contribution in [0.25, 0.3) is 0 Å². The number of hydrogen-bond donors (Lipinski definition) is 1. The number of thioether (sulfide) groups is 1. The number of nitrogens with one attached hydrogen (secondary N) is 1. The zero-order valence-corrected chi connectivity index (χ0v) is 15.4. The van der Waals surface area contributed by atoms with Gasteiger partial charge >= 0.3 is 5.97 Å². The van der Waals surface area contributed by atoms with E-state index in [1.165, 1.54) is 43.3 Å². The summed E-state index contributed by atoms with van der Waals surface area (Å²) < 4.78 is 18.5. The van der Waals surface area contributed by atoms with Crippen molar-refractivity contribution in [2.24, 2.45) is 0 Å². The van der Waals surface area contributed by atoms with Crippen molar-refractivity contribution in [1.82, 2.24) is 0 Å². The summed E-state index contributed by atoms with van der Waals surface area (Å²) in [5.41, 5.74) is 0.585. The van der Waals surface area contributed by atoms with Crippen LogP contribution in [0.4, 0.5) is 15.8 Å². The van der Waals surface area contributed by atoms with E-state index < -0.39 is 28.7 Å². The van der Waals surface area contributed by atoms with Crippen molar-refractivity contribution in [3.63, 3.8) is 0 Å². The fourth-order valence-corrected chi connectivity index (χ4v) is 2.87. The number of nitro benzene ring substituents is 1. The van der Waals surface area contributed by atoms with Crippen LogP contribution in [0.5, 0.6) is 0 Å². The maximum atomic E-state index is 13.5. The minimum Gasteiger partial charge on any atom is -0.452 e. The Bertz CT molecular complexity index is 875. The first-order chi connectivity index (χ1) is 12.8. The fraction of sp³-hybridized carbons (Fsp3) is 0.222. The number of esters is 1. The molecule has 0 saturated carbocycles. The fourth-order valence-electron chi connectivity index (χ4n) is 2.07. The molecule has 9 heteroatoms. The van der Waals surface area contributed by atoms with Crippen molar-refractivity contribution >= 4 is 35.0 Å². The summed E-state index contributed by atoms with van der Waals surface area (Å²) in [7, 11) is 0. The molecule has 0 aliphatic carbocycles. The number of rotatable bonds is 7. The molecule has 0 saturated heterocycles. The van der Waals surface area contributed by atoms with Crippen LogP contribution in [0.1, 0.15) is 12.5 Å². The van der Waals surface area contributed by atoms with Crippen LogP contribution in [0.3, 0.4) is 0 Å². The van der Waals surface area contributed by atoms with E-state index in [2.05, 4.69) is 5.32 Å². The van der Waals surface area contributed by atoms with Gasteiger partial charge in [-0.05, 0) is 37.6 Å². The van der Waals surface area contributed by atoms with Gasteiger partial charge in [-0.3, -0.25) is 19.7 Å². The lowest BCUT2D eigenvalue weighted by atomic mass is 10.2. The molecule has 27 heavy (non-hydrogen) atoms. The molecule has 0 spiro atoms. The normalized spacial score (nSPS) is 11.5. The summed E-state index contributed by atoms with van der Waals surface area (Å²) in [6.07, 6.45) is -1.10. The number of benzene rings is 2. The number of nitrogens with zero attached hydrogens (tertiary/aromatic N) is 1. The van der Waals surface area contributed by atoms with Crippen LogP contribution in [-0.4, -0.2) is 28.7 Å². The predicted octanol–water partition coefficient (Wildman–Crippen LogP) is 3.70. The second kappa shape index (κ2) is 9.13. The number of nitro groups is 1. The molecule has 0 unspecified atom stereocenters. The molecule has 0 radical (unpaired) electrons. The molecule has 0 aliphatic rings. The molecule has 1 N–H and O–H groups in total. The van der Waals surface area contributed by atoms with Gasteiger partial charge in [0.2, 0.25) is 0 Å². The van der Waals surface area contributed by atoms with Gasteiger partial charge in [-0.2, -0.15) is 0 Å². The van der Waals surface area contributed by atoms with Crippen molar-refractivity contribution in [2.75, 3.05) is 11.1 Å². The van der Waals surface area contributed by atoms with E-state index in [4.69, 9.17) is 4.74 Å². The van der Waals surface area contributed by atoms with Gasteiger partial charge in [-0.25, -0.2) is 4.39 Å². The Balaban J connectivity index is 1.88. The number of aryl methyl sites for hydroxylation is 1. The molecule has 1 atom stereocenters. The third-order valence-electron chi connectivity index (χ3n) is 3.52. The minimum absolute atomic E-state index is 0.109. The molecule has 0 heterocycles. The second-order valence-corrected chi connectivity index (χ2v) is 6.62. The Morgan fingerprint density at radius 2 is 2.00 bits per heavy atom. The molecule has 142 valence electrons. The zero-order chi connectivity index (χ0) is 20.0. The molecule has 2 rings (SSSR count). The van der Waals surface area contributed by atoms with Gasteiger partial charge in [0.05, 0.1) is 15.6 Å². The van der Waals surface area contributed by atoms with E-state index in [1.54, 1.807) is 13.0 Å². The average Bonchev–Trinajstić information content (AvgIpc) is 2.63. The van der Waals surface area contributed by atoms with E-state index in [1.807, 2.05) is 0 Å². The Hall–Kier alpha value is -2.94. The molecular formula is C18H17FN2O5S. The number of ether oxygens (including phenoxy) is 1. The molecule has 0 bridgehead atoms. The minimum atomic E-state index is -1.10. The highest BCUT2D eigenvalue weighted by atomic mass is 32.2. The third-order valence-corrected chi connectivity index (χ3v) is 4.56. The number of amides is 1. The second-order valence-electron chi connectivity index (χ2n) is 5.60. The summed E-state index contributed by atoms with van der Waals surface area (Å²) in [5, 5.41) is 13.4. The van der Waals surface area contributed by atoms with Crippen LogP contribution in [0.2, 0.25) is 0 Å². The van der Waals surface area contributed by atoms with E-state index in [0.717, 1.165) is 11.8 Å². The van der Waals surface area contributed by atoms with Crippen LogP contribution in [-0.2, 0) is 14.3 Å². The SMILES string of the molecule is Cc1ccc(NC(=O)[C@@H](C)OC(=O)CSc2ccccc2[N+](=O)[O-])cc1F. The molecule has 1 amide bonds. The van der Waals surface area contributed by atoms with E-state index >= 15 is 0 Å². The molecule has 7 nitrogen and oxygen atoms in total. The lowest BCUT2D eigenvalue weighted by Crippen LogP contribution is -2.30. The van der Waals surface area contributed by atoms with E-state index in [-0.39, 0.29) is 17.1 Å². The van der Waals surface area contributed by atoms with Crippen molar-refractivity contribution < 1.29 is 23.6 Å². The molecule has 0 aromatic heterocycles. The maximum absolute atomic E-state index is 13.5. The van der Waals surface area contributed by atoms with Gasteiger partial charge in [-0.1, -0.05) is 18.2 Å². The quantitative estimate of drug-likeness (QED) is 0.334. The van der Waals surface area contributed by atoms with Gasteiger partial charge in [0, 0.05) is 11.8 Å². The van der Waals surface area contributed by atoms with Crippen LogP contribution < -0.4 is 5.32 Å². The molecule has 2 aromatic rings. The van der Waals surface area contributed by atoms with Gasteiger partial charge in [-0.15, -0.1) is 11.8 Å². The smallest absolute Gasteiger partial charge is 0.317 e. The summed E-state index contributed by atoms with van der Waals surface area (Å²) in [4.78, 5) is 34.7. The largest absolute Gasteiger partial charge is 0.452 e. The van der Waals surface area contributed by atoms with Crippen LogP contribution in [0, 0.1) is 22.9 Å². The van der Waals surface area contributed by atoms with Crippen LogP contribution >= 0.6 is 11.8 Å². The number of hydrogen-bond acceptors (Lipinski definition) is 6. The van der Waals surface area contributed by atoms with Gasteiger partial charge in [0.25, 0.3) is 11.6 Å². The number of halogens is 1. The lowest BCUT2D eigenvalue weighted by molar-refractivity contribution is -0.387. The first-order valence-electron chi connectivity index (χ1n) is 7.90. The molecular weight excluding hydrogens is 375 g/mol. The number of carbonyl (C=O) groups excluding carboxylic acids is 2. The number of anilines is 1.